The topological polar surface area (TPSA) is 34.1 Å². The van der Waals surface area contributed by atoms with Crippen LogP contribution in [0, 0.1) is 20.8 Å². The van der Waals surface area contributed by atoms with Gasteiger partial charge in [0.25, 0.3) is 0 Å². The first kappa shape index (κ1) is 14.7. The average Bonchev–Trinajstić information content (AvgIpc) is 2.38. The highest BCUT2D eigenvalue weighted by Gasteiger charge is 2.14. The van der Waals surface area contributed by atoms with Crippen LogP contribution in [0.3, 0.4) is 0 Å². The van der Waals surface area contributed by atoms with Crippen LogP contribution in [0.5, 0.6) is 0 Å². The molecule has 0 bridgehead atoms. The summed E-state index contributed by atoms with van der Waals surface area (Å²) in [6, 6.07) is 13.2. The molecule has 0 spiro atoms. The monoisotopic (exact) mass is 286 g/mol. The molecular weight excluding hydrogens is 268 g/mol. The number of benzene rings is 2. The SMILES string of the molecule is Cc1cccc(C(=O)CS(=O)c2ccc(C)cc2C)c1. The zero-order valence-corrected chi connectivity index (χ0v) is 12.8. The quantitative estimate of drug-likeness (QED) is 0.805. The second-order valence-electron chi connectivity index (χ2n) is 5.05. The maximum atomic E-state index is 12.3. The van der Waals surface area contributed by atoms with Gasteiger partial charge in [-0.25, -0.2) is 0 Å². The predicted octanol–water partition coefficient (Wildman–Crippen LogP) is 3.60. The average molecular weight is 286 g/mol. The Bertz CT molecular complexity index is 674. The van der Waals surface area contributed by atoms with Gasteiger partial charge in [0.05, 0.1) is 16.6 Å². The third-order valence-electron chi connectivity index (χ3n) is 3.18. The summed E-state index contributed by atoms with van der Waals surface area (Å²) >= 11 is 0. The Balaban J connectivity index is 2.17. The van der Waals surface area contributed by atoms with Crippen LogP contribution < -0.4 is 0 Å². The van der Waals surface area contributed by atoms with E-state index in [0.717, 1.165) is 21.6 Å². The van der Waals surface area contributed by atoms with Crippen LogP contribution in [-0.2, 0) is 10.8 Å². The highest BCUT2D eigenvalue weighted by Crippen LogP contribution is 2.16. The van der Waals surface area contributed by atoms with Crippen molar-refractivity contribution in [2.24, 2.45) is 0 Å². The minimum atomic E-state index is -1.29. The van der Waals surface area contributed by atoms with Gasteiger partial charge < -0.3 is 0 Å². The van der Waals surface area contributed by atoms with E-state index in [1.165, 1.54) is 0 Å². The van der Waals surface area contributed by atoms with E-state index in [4.69, 9.17) is 0 Å². The van der Waals surface area contributed by atoms with E-state index in [-0.39, 0.29) is 11.5 Å². The smallest absolute Gasteiger partial charge is 0.175 e. The van der Waals surface area contributed by atoms with Gasteiger partial charge in [-0.2, -0.15) is 0 Å². The molecule has 2 aromatic rings. The van der Waals surface area contributed by atoms with Crippen LogP contribution >= 0.6 is 0 Å². The molecule has 0 radical (unpaired) electrons. The zero-order valence-electron chi connectivity index (χ0n) is 12.0. The summed E-state index contributed by atoms with van der Waals surface area (Å²) < 4.78 is 12.3. The fraction of sp³-hybridized carbons (Fsp3) is 0.235. The summed E-state index contributed by atoms with van der Waals surface area (Å²) in [7, 11) is -1.29. The van der Waals surface area contributed by atoms with Gasteiger partial charge in [-0.1, -0.05) is 41.5 Å². The van der Waals surface area contributed by atoms with E-state index < -0.39 is 10.8 Å². The largest absolute Gasteiger partial charge is 0.293 e. The molecule has 0 amide bonds. The van der Waals surface area contributed by atoms with Gasteiger partial charge in [0.2, 0.25) is 0 Å². The number of Topliss-reactive ketones (excluding diaryl/α,β-unsaturated/α-hetero) is 1. The van der Waals surface area contributed by atoms with Gasteiger partial charge in [0.15, 0.2) is 5.78 Å². The number of hydrogen-bond donors (Lipinski definition) is 0. The second kappa shape index (κ2) is 6.14. The van der Waals surface area contributed by atoms with Crippen LogP contribution in [-0.4, -0.2) is 15.7 Å². The molecule has 0 aromatic heterocycles. The van der Waals surface area contributed by atoms with E-state index >= 15 is 0 Å². The molecule has 0 aliphatic heterocycles. The summed E-state index contributed by atoms with van der Waals surface area (Å²) in [5.74, 6) is -0.0418. The first-order valence-corrected chi connectivity index (χ1v) is 7.85. The highest BCUT2D eigenvalue weighted by molar-refractivity contribution is 7.85. The molecule has 2 rings (SSSR count). The number of aryl methyl sites for hydroxylation is 3. The maximum Gasteiger partial charge on any atom is 0.175 e. The molecule has 104 valence electrons. The molecular formula is C17H18O2S. The number of carbonyl (C=O) groups excluding carboxylic acids is 1. The van der Waals surface area contributed by atoms with E-state index in [1.807, 2.05) is 57.2 Å². The Hall–Kier alpha value is -1.74. The molecule has 0 aliphatic carbocycles. The van der Waals surface area contributed by atoms with Gasteiger partial charge in [0.1, 0.15) is 0 Å². The molecule has 20 heavy (non-hydrogen) atoms. The molecule has 1 unspecified atom stereocenters. The highest BCUT2D eigenvalue weighted by atomic mass is 32.2. The van der Waals surface area contributed by atoms with Gasteiger partial charge in [0, 0.05) is 10.5 Å². The lowest BCUT2D eigenvalue weighted by Gasteiger charge is -2.07. The third kappa shape index (κ3) is 3.42. The number of ketones is 1. The second-order valence-corrected chi connectivity index (χ2v) is 6.47. The van der Waals surface area contributed by atoms with Crippen molar-refractivity contribution in [3.8, 4) is 0 Å². The van der Waals surface area contributed by atoms with Crippen molar-refractivity contribution in [1.29, 1.82) is 0 Å². The van der Waals surface area contributed by atoms with Gasteiger partial charge in [-0.3, -0.25) is 9.00 Å². The fourth-order valence-corrected chi connectivity index (χ4v) is 3.35. The van der Waals surface area contributed by atoms with Gasteiger partial charge in [-0.15, -0.1) is 0 Å². The minimum Gasteiger partial charge on any atom is -0.293 e. The Morgan fingerprint density at radius 3 is 2.35 bits per heavy atom. The van der Waals surface area contributed by atoms with Crippen LogP contribution in [0.1, 0.15) is 27.0 Å². The van der Waals surface area contributed by atoms with E-state index in [1.54, 1.807) is 6.07 Å². The van der Waals surface area contributed by atoms with Crippen molar-refractivity contribution in [3.63, 3.8) is 0 Å². The number of carbonyl (C=O) groups is 1. The lowest BCUT2D eigenvalue weighted by Crippen LogP contribution is -2.12. The first-order chi connectivity index (χ1) is 9.47. The number of hydrogen-bond acceptors (Lipinski definition) is 2. The van der Waals surface area contributed by atoms with Crippen LogP contribution in [0.25, 0.3) is 0 Å². The van der Waals surface area contributed by atoms with Crippen molar-refractivity contribution >= 4 is 16.6 Å². The minimum absolute atomic E-state index is 0.0351. The van der Waals surface area contributed by atoms with E-state index in [0.29, 0.717) is 5.56 Å². The Kier molecular flexibility index (Phi) is 4.50. The molecule has 0 N–H and O–H groups in total. The normalized spacial score (nSPS) is 12.2. The molecule has 2 aromatic carbocycles. The molecule has 2 nitrogen and oxygen atoms in total. The summed E-state index contributed by atoms with van der Waals surface area (Å²) in [4.78, 5) is 12.9. The Morgan fingerprint density at radius 2 is 1.70 bits per heavy atom. The standard InChI is InChI=1S/C17H18O2S/c1-12-5-4-6-15(10-12)16(18)11-20(19)17-8-7-13(2)9-14(17)3/h4-10H,11H2,1-3H3. The molecule has 0 heterocycles. The summed E-state index contributed by atoms with van der Waals surface area (Å²) in [6.45, 7) is 5.87. The fourth-order valence-electron chi connectivity index (χ4n) is 2.15. The first-order valence-electron chi connectivity index (χ1n) is 6.53. The molecule has 0 aliphatic rings. The van der Waals surface area contributed by atoms with Crippen LogP contribution in [0.15, 0.2) is 47.4 Å². The summed E-state index contributed by atoms with van der Waals surface area (Å²) in [6.07, 6.45) is 0. The van der Waals surface area contributed by atoms with Crippen LogP contribution in [0.2, 0.25) is 0 Å². The molecule has 0 saturated carbocycles. The summed E-state index contributed by atoms with van der Waals surface area (Å²) in [5.41, 5.74) is 3.77. The van der Waals surface area contributed by atoms with E-state index in [2.05, 4.69) is 0 Å². The van der Waals surface area contributed by atoms with Gasteiger partial charge in [-0.05, 0) is 38.5 Å². The van der Waals surface area contributed by atoms with Crippen molar-refractivity contribution in [3.05, 3.63) is 64.7 Å². The molecule has 1 atom stereocenters. The van der Waals surface area contributed by atoms with Crippen molar-refractivity contribution < 1.29 is 9.00 Å². The predicted molar refractivity (Wildman–Crippen MR) is 82.7 cm³/mol. The molecule has 0 fully saturated rings. The third-order valence-corrected chi connectivity index (χ3v) is 4.65. The maximum absolute atomic E-state index is 12.3. The van der Waals surface area contributed by atoms with Crippen molar-refractivity contribution in [1.82, 2.24) is 0 Å². The molecule has 3 heteroatoms. The summed E-state index contributed by atoms with van der Waals surface area (Å²) in [5, 5.41) is 0. The number of rotatable bonds is 4. The van der Waals surface area contributed by atoms with Crippen LogP contribution in [0.4, 0.5) is 0 Å². The Labute approximate surface area is 122 Å². The van der Waals surface area contributed by atoms with Crippen molar-refractivity contribution in [2.45, 2.75) is 25.7 Å². The van der Waals surface area contributed by atoms with Gasteiger partial charge >= 0.3 is 0 Å². The van der Waals surface area contributed by atoms with Crippen molar-refractivity contribution in [2.75, 3.05) is 5.75 Å². The zero-order chi connectivity index (χ0) is 14.7. The molecule has 0 saturated heterocycles. The lowest BCUT2D eigenvalue weighted by molar-refractivity contribution is 0.102. The van der Waals surface area contributed by atoms with E-state index in [9.17, 15) is 9.00 Å². The lowest BCUT2D eigenvalue weighted by atomic mass is 10.1. The Morgan fingerprint density at radius 1 is 1.00 bits per heavy atom.